The largest absolute Gasteiger partial charge is 0.472 e. The lowest BCUT2D eigenvalue weighted by atomic mass is 10.1. The molecular weight excluding hydrogens is 659 g/mol. The molecule has 50 heavy (non-hydrogen) atoms. The molecule has 0 aliphatic rings. The molecule has 0 aliphatic carbocycles. The van der Waals surface area contributed by atoms with Crippen LogP contribution < -0.4 is 0 Å². The van der Waals surface area contributed by atoms with E-state index in [0.29, 0.717) is 12.8 Å². The minimum absolute atomic E-state index is 0.146. The third-order valence-corrected chi connectivity index (χ3v) is 8.67. The van der Waals surface area contributed by atoms with Crippen molar-refractivity contribution in [2.75, 3.05) is 26.4 Å². The molecule has 0 fully saturated rings. The minimum atomic E-state index is -4.62. The highest BCUT2D eigenvalue weighted by Crippen LogP contribution is 2.43. The number of rotatable bonds is 35. The highest BCUT2D eigenvalue weighted by molar-refractivity contribution is 7.47. The highest BCUT2D eigenvalue weighted by atomic mass is 31.2. The number of unbranched alkanes of at least 4 members (excludes halogenated alkanes) is 13. The lowest BCUT2D eigenvalue weighted by Gasteiger charge is -2.20. The SMILES string of the molecule is CCC/C=C/C/C=C/C/C=C/C/C=C/CCCCCC(=O)O[C@H](COC(=O)CCCCCCCCCCCC)COP(=O)(O)OC[C@@H](O)CO. The van der Waals surface area contributed by atoms with Gasteiger partial charge in [-0.1, -0.05) is 133 Å². The molecular formula is C39H69O10P. The molecule has 0 radical (unpaired) electrons. The Kier molecular flexibility index (Phi) is 33.9. The zero-order chi connectivity index (χ0) is 37.0. The fraction of sp³-hybridized carbons (Fsp3) is 0.744. The van der Waals surface area contributed by atoms with Crippen LogP contribution in [0.4, 0.5) is 0 Å². The third-order valence-electron chi connectivity index (χ3n) is 7.72. The van der Waals surface area contributed by atoms with Crippen molar-refractivity contribution in [1.29, 1.82) is 0 Å². The van der Waals surface area contributed by atoms with E-state index in [1.54, 1.807) is 0 Å². The van der Waals surface area contributed by atoms with Crippen molar-refractivity contribution in [3.8, 4) is 0 Å². The van der Waals surface area contributed by atoms with Crippen molar-refractivity contribution < 1.29 is 47.8 Å². The van der Waals surface area contributed by atoms with Gasteiger partial charge in [0.15, 0.2) is 6.10 Å². The first-order valence-corrected chi connectivity index (χ1v) is 20.6. The summed E-state index contributed by atoms with van der Waals surface area (Å²) in [6.45, 7) is 2.23. The van der Waals surface area contributed by atoms with Gasteiger partial charge in [-0.15, -0.1) is 0 Å². The van der Waals surface area contributed by atoms with E-state index in [-0.39, 0.29) is 19.4 Å². The topological polar surface area (TPSA) is 149 Å². The van der Waals surface area contributed by atoms with Gasteiger partial charge in [-0.3, -0.25) is 18.6 Å². The summed E-state index contributed by atoms with van der Waals surface area (Å²) in [5.74, 6) is -0.966. The van der Waals surface area contributed by atoms with Crippen LogP contribution in [0, 0.1) is 0 Å². The van der Waals surface area contributed by atoms with E-state index in [1.165, 1.54) is 44.9 Å². The molecule has 0 heterocycles. The summed E-state index contributed by atoms with van der Waals surface area (Å²) in [7, 11) is -4.62. The summed E-state index contributed by atoms with van der Waals surface area (Å²) < 4.78 is 32.5. The molecule has 0 aromatic rings. The van der Waals surface area contributed by atoms with E-state index in [1.807, 2.05) is 0 Å². The molecule has 0 spiro atoms. The van der Waals surface area contributed by atoms with Gasteiger partial charge in [0.25, 0.3) is 0 Å². The van der Waals surface area contributed by atoms with Gasteiger partial charge >= 0.3 is 19.8 Å². The van der Waals surface area contributed by atoms with Crippen LogP contribution in [0.1, 0.15) is 149 Å². The maximum atomic E-state index is 12.5. The second kappa shape index (κ2) is 35.3. The Morgan fingerprint density at radius 2 is 1.08 bits per heavy atom. The first-order valence-electron chi connectivity index (χ1n) is 19.1. The van der Waals surface area contributed by atoms with Gasteiger partial charge in [0.1, 0.15) is 12.7 Å². The highest BCUT2D eigenvalue weighted by Gasteiger charge is 2.27. The quantitative estimate of drug-likeness (QED) is 0.0249. The second-order valence-electron chi connectivity index (χ2n) is 12.6. The number of allylic oxidation sites excluding steroid dienone is 8. The molecule has 1 unspecified atom stereocenters. The van der Waals surface area contributed by atoms with E-state index >= 15 is 0 Å². The summed E-state index contributed by atoms with van der Waals surface area (Å²) in [6, 6.07) is 0. The van der Waals surface area contributed by atoms with Crippen molar-refractivity contribution in [2.24, 2.45) is 0 Å². The van der Waals surface area contributed by atoms with Gasteiger partial charge in [-0.2, -0.15) is 0 Å². The fourth-order valence-corrected chi connectivity index (χ4v) is 5.54. The van der Waals surface area contributed by atoms with Crippen LogP contribution in [0.2, 0.25) is 0 Å². The van der Waals surface area contributed by atoms with Crippen LogP contribution in [0.25, 0.3) is 0 Å². The van der Waals surface area contributed by atoms with Crippen molar-refractivity contribution >= 4 is 19.8 Å². The summed E-state index contributed by atoms with van der Waals surface area (Å²) in [5.41, 5.74) is 0. The van der Waals surface area contributed by atoms with Crippen molar-refractivity contribution in [3.63, 3.8) is 0 Å². The van der Waals surface area contributed by atoms with E-state index in [2.05, 4.69) is 67.0 Å². The van der Waals surface area contributed by atoms with E-state index < -0.39 is 51.8 Å². The molecule has 3 atom stereocenters. The molecule has 290 valence electrons. The van der Waals surface area contributed by atoms with E-state index in [9.17, 15) is 24.2 Å². The van der Waals surface area contributed by atoms with Crippen molar-refractivity contribution in [3.05, 3.63) is 48.6 Å². The summed E-state index contributed by atoms with van der Waals surface area (Å²) >= 11 is 0. The van der Waals surface area contributed by atoms with Crippen molar-refractivity contribution in [1.82, 2.24) is 0 Å². The van der Waals surface area contributed by atoms with Crippen LogP contribution in [0.15, 0.2) is 48.6 Å². The van der Waals surface area contributed by atoms with E-state index in [0.717, 1.165) is 64.2 Å². The number of ether oxygens (including phenoxy) is 2. The van der Waals surface area contributed by atoms with Gasteiger partial charge in [0, 0.05) is 12.8 Å². The monoisotopic (exact) mass is 728 g/mol. The number of phosphoric ester groups is 1. The van der Waals surface area contributed by atoms with Gasteiger partial charge in [0.2, 0.25) is 0 Å². The molecule has 0 amide bonds. The van der Waals surface area contributed by atoms with Gasteiger partial charge in [-0.05, 0) is 51.4 Å². The fourth-order valence-electron chi connectivity index (χ4n) is 4.75. The summed E-state index contributed by atoms with van der Waals surface area (Å²) in [5, 5.41) is 18.3. The molecule has 0 aliphatic heterocycles. The first-order chi connectivity index (χ1) is 24.2. The minimum Gasteiger partial charge on any atom is -0.462 e. The normalized spacial score (nSPS) is 14.6. The standard InChI is InChI=1S/C39H69O10P/c1-3-5-7-9-11-13-15-16-17-18-19-20-21-23-25-27-29-31-39(43)49-37(35-48-50(44,45)47-33-36(41)32-40)34-46-38(42)30-28-26-24-22-14-12-10-8-6-4-2/h7,9,13,15,17-18,20-21,36-37,40-41H,3-6,8,10-12,14,16,19,22-35H2,1-2H3,(H,44,45)/b9-7+,15-13+,18-17+,21-20+/t36-,37+/m0/s1. The maximum Gasteiger partial charge on any atom is 0.472 e. The number of phosphoric acid groups is 1. The lowest BCUT2D eigenvalue weighted by molar-refractivity contribution is -0.161. The summed E-state index contributed by atoms with van der Waals surface area (Å²) in [4.78, 5) is 34.8. The maximum absolute atomic E-state index is 12.5. The van der Waals surface area contributed by atoms with Crippen LogP contribution in [0.5, 0.6) is 0 Å². The molecule has 0 rings (SSSR count). The average molecular weight is 729 g/mol. The molecule has 0 aromatic heterocycles. The second-order valence-corrected chi connectivity index (χ2v) is 14.1. The number of aliphatic hydroxyl groups is 2. The molecule has 0 saturated carbocycles. The zero-order valence-electron chi connectivity index (χ0n) is 31.1. The van der Waals surface area contributed by atoms with Gasteiger partial charge in [-0.25, -0.2) is 4.57 Å². The molecule has 10 nitrogen and oxygen atoms in total. The van der Waals surface area contributed by atoms with Crippen LogP contribution in [0.3, 0.4) is 0 Å². The summed E-state index contributed by atoms with van der Waals surface area (Å²) in [6.07, 6.45) is 35.1. The number of carbonyl (C=O) groups is 2. The number of carbonyl (C=O) groups excluding carboxylic acids is 2. The van der Waals surface area contributed by atoms with Gasteiger partial charge in [0.05, 0.1) is 19.8 Å². The molecule has 0 saturated heterocycles. The van der Waals surface area contributed by atoms with E-state index in [4.69, 9.17) is 19.1 Å². The zero-order valence-corrected chi connectivity index (χ0v) is 32.0. The number of hydrogen-bond donors (Lipinski definition) is 3. The predicted molar refractivity (Wildman–Crippen MR) is 201 cm³/mol. The number of aliphatic hydroxyl groups excluding tert-OH is 2. The van der Waals surface area contributed by atoms with Crippen LogP contribution in [-0.2, 0) is 32.7 Å². The van der Waals surface area contributed by atoms with Crippen LogP contribution in [-0.4, -0.2) is 65.7 Å². The van der Waals surface area contributed by atoms with Crippen molar-refractivity contribution in [2.45, 2.75) is 161 Å². The average Bonchev–Trinajstić information content (AvgIpc) is 3.10. The Balaban J connectivity index is 4.43. The Hall–Kier alpha value is -2.07. The molecule has 11 heteroatoms. The first kappa shape index (κ1) is 47.9. The Labute approximate surface area is 303 Å². The Bertz CT molecular complexity index is 978. The van der Waals surface area contributed by atoms with Crippen LogP contribution >= 0.6 is 7.82 Å². The molecule has 3 N–H and O–H groups in total. The molecule has 0 bridgehead atoms. The molecule has 0 aromatic carbocycles. The Morgan fingerprint density at radius 1 is 0.600 bits per heavy atom. The lowest BCUT2D eigenvalue weighted by Crippen LogP contribution is -2.29. The third kappa shape index (κ3) is 34.4. The predicted octanol–water partition coefficient (Wildman–Crippen LogP) is 9.38. The smallest absolute Gasteiger partial charge is 0.462 e. The van der Waals surface area contributed by atoms with Gasteiger partial charge < -0.3 is 24.6 Å². The number of esters is 2. The Morgan fingerprint density at radius 3 is 1.64 bits per heavy atom. The number of hydrogen-bond acceptors (Lipinski definition) is 9.